The SMILES string of the molecule is C=C(C)[C@@H]1CC[C@]2(NCCC3(O)CCC(S(C)(=O)=O)CC3)CC[C@]3(C)[C@H](CC[C@@H]4[C@@]5(C)CC=C(C6=CC[C@@](CO)(C(=O)O)CC6)C(C)(C)[C@@H]5CC[C@]43C)[C@@H]12. The van der Waals surface area contributed by atoms with Gasteiger partial charge in [-0.15, -0.1) is 0 Å². The van der Waals surface area contributed by atoms with Crippen LogP contribution in [-0.4, -0.2) is 65.5 Å². The summed E-state index contributed by atoms with van der Waals surface area (Å²) in [5.41, 5.74) is 2.96. The number of aliphatic hydroxyl groups excluding tert-OH is 1. The Hall–Kier alpha value is -1.48. The third kappa shape index (κ3) is 6.10. The van der Waals surface area contributed by atoms with Gasteiger partial charge in [-0.1, -0.05) is 58.9 Å². The lowest BCUT2D eigenvalue weighted by Gasteiger charge is -2.72. The van der Waals surface area contributed by atoms with Gasteiger partial charge in [-0.05, 0) is 185 Å². The first-order chi connectivity index (χ1) is 25.1. The molecule has 5 fully saturated rings. The van der Waals surface area contributed by atoms with E-state index in [1.165, 1.54) is 74.3 Å². The van der Waals surface area contributed by atoms with Crippen LogP contribution in [0.4, 0.5) is 0 Å². The number of hydrogen-bond acceptors (Lipinski definition) is 6. The molecular formula is C46H73NO6S. The number of allylic oxidation sites excluding steroid dienone is 5. The number of carbonyl (C=O) groups is 1. The molecule has 4 N–H and O–H groups in total. The van der Waals surface area contributed by atoms with Crippen molar-refractivity contribution in [2.75, 3.05) is 19.4 Å². The number of carboxylic acid groups (broad SMARTS) is 1. The number of rotatable bonds is 9. The maximum atomic E-state index is 12.2. The van der Waals surface area contributed by atoms with Gasteiger partial charge in [-0.3, -0.25) is 4.79 Å². The van der Waals surface area contributed by atoms with Crippen molar-refractivity contribution >= 4 is 15.8 Å². The molecule has 7 aliphatic carbocycles. The summed E-state index contributed by atoms with van der Waals surface area (Å²) in [5, 5.41) is 35.3. The Balaban J connectivity index is 1.12. The zero-order valence-electron chi connectivity index (χ0n) is 34.7. The van der Waals surface area contributed by atoms with Gasteiger partial charge in [0.15, 0.2) is 0 Å². The van der Waals surface area contributed by atoms with Crippen LogP contribution in [0.2, 0.25) is 0 Å². The van der Waals surface area contributed by atoms with Crippen LogP contribution in [0.15, 0.2) is 35.5 Å². The number of carboxylic acids is 1. The minimum absolute atomic E-state index is 0.00337. The third-order valence-electron chi connectivity index (χ3n) is 18.9. The standard InChI is InChI=1S/C46H73NO6S/c1-30(2)33-15-24-46(47-28-27-45(51)22-13-32(14-23-45)54(8,52)53)26-25-42(6)35(38(33)46)9-10-37-41(5)18-16-34(40(3,4)36(41)17-19-43(37,42)7)31-11-20-44(29-48,21-12-31)39(49)50/h11,16,32-33,35-38,47-48,51H,1,9-10,12-15,17-29H2,2-8H3,(H,49,50)/t32?,33-,35+,36-,37+,38+,41-,42+,43+,44+,45?,46-/m0/s1. The Morgan fingerprint density at radius 3 is 2.17 bits per heavy atom. The Kier molecular flexibility index (Phi) is 10.2. The number of hydrogen-bond donors (Lipinski definition) is 4. The number of nitrogens with one attached hydrogen (secondary N) is 1. The van der Waals surface area contributed by atoms with Crippen LogP contribution >= 0.6 is 0 Å². The van der Waals surface area contributed by atoms with E-state index in [0.29, 0.717) is 74.5 Å². The highest BCUT2D eigenvalue weighted by Crippen LogP contribution is 2.76. The number of fused-ring (bicyclic) bond motifs is 7. The highest BCUT2D eigenvalue weighted by molar-refractivity contribution is 7.91. The molecule has 8 heteroatoms. The smallest absolute Gasteiger partial charge is 0.312 e. The second-order valence-corrected chi connectivity index (χ2v) is 23.8. The summed E-state index contributed by atoms with van der Waals surface area (Å²) >= 11 is 0. The molecule has 7 rings (SSSR count). The Labute approximate surface area is 327 Å². The molecule has 0 amide bonds. The van der Waals surface area contributed by atoms with Crippen molar-refractivity contribution in [2.24, 2.45) is 56.7 Å². The number of aliphatic hydroxyl groups is 2. The van der Waals surface area contributed by atoms with Gasteiger partial charge >= 0.3 is 5.97 Å². The highest BCUT2D eigenvalue weighted by Gasteiger charge is 2.70. The average Bonchev–Trinajstić information content (AvgIpc) is 3.48. The maximum absolute atomic E-state index is 12.2. The Morgan fingerprint density at radius 2 is 1.57 bits per heavy atom. The van der Waals surface area contributed by atoms with Gasteiger partial charge in [0.2, 0.25) is 0 Å². The summed E-state index contributed by atoms with van der Waals surface area (Å²) in [7, 11) is -3.07. The molecule has 0 aromatic heterocycles. The largest absolute Gasteiger partial charge is 0.481 e. The monoisotopic (exact) mass is 768 g/mol. The second-order valence-electron chi connectivity index (χ2n) is 21.5. The van der Waals surface area contributed by atoms with E-state index >= 15 is 0 Å². The fourth-order valence-electron chi connectivity index (χ4n) is 15.5. The van der Waals surface area contributed by atoms with Gasteiger partial charge in [0, 0.05) is 11.8 Å². The molecule has 7 nitrogen and oxygen atoms in total. The van der Waals surface area contributed by atoms with E-state index in [4.69, 9.17) is 0 Å². The third-order valence-corrected chi connectivity index (χ3v) is 20.6. The molecule has 0 unspecified atom stereocenters. The fourth-order valence-corrected chi connectivity index (χ4v) is 16.6. The zero-order valence-corrected chi connectivity index (χ0v) is 35.6. The van der Waals surface area contributed by atoms with Crippen LogP contribution in [0.5, 0.6) is 0 Å². The highest BCUT2D eigenvalue weighted by atomic mass is 32.2. The molecule has 0 heterocycles. The van der Waals surface area contributed by atoms with E-state index in [0.717, 1.165) is 19.4 Å². The van der Waals surface area contributed by atoms with Gasteiger partial charge in [-0.25, -0.2) is 8.42 Å². The second kappa shape index (κ2) is 13.5. The van der Waals surface area contributed by atoms with Gasteiger partial charge in [0.05, 0.1) is 22.9 Å². The van der Waals surface area contributed by atoms with Crippen LogP contribution in [0.1, 0.15) is 151 Å². The Bertz CT molecular complexity index is 1690. The lowest BCUT2D eigenvalue weighted by Crippen LogP contribution is -2.68. The molecule has 0 aliphatic heterocycles. The van der Waals surface area contributed by atoms with Crippen molar-refractivity contribution < 1.29 is 28.5 Å². The predicted octanol–water partition coefficient (Wildman–Crippen LogP) is 8.80. The van der Waals surface area contributed by atoms with Crippen LogP contribution in [-0.2, 0) is 14.6 Å². The van der Waals surface area contributed by atoms with Gasteiger partial charge < -0.3 is 20.6 Å². The molecule has 0 spiro atoms. The topological polar surface area (TPSA) is 124 Å². The van der Waals surface area contributed by atoms with E-state index in [1.54, 1.807) is 0 Å². The van der Waals surface area contributed by atoms with Crippen molar-refractivity contribution in [1.82, 2.24) is 5.32 Å². The van der Waals surface area contributed by atoms with Gasteiger partial charge in [-0.2, -0.15) is 0 Å². The number of aliphatic carboxylic acids is 1. The fraction of sp³-hybridized carbons (Fsp3) is 0.848. The lowest BCUT2D eigenvalue weighted by atomic mass is 9.33. The summed E-state index contributed by atoms with van der Waals surface area (Å²) < 4.78 is 24.4. The van der Waals surface area contributed by atoms with Crippen molar-refractivity contribution in [3.05, 3.63) is 35.5 Å². The molecule has 0 bridgehead atoms. The van der Waals surface area contributed by atoms with Crippen LogP contribution in [0, 0.1) is 56.7 Å². The zero-order chi connectivity index (χ0) is 39.3. The Morgan fingerprint density at radius 1 is 0.870 bits per heavy atom. The van der Waals surface area contributed by atoms with Gasteiger partial charge in [0.1, 0.15) is 9.84 Å². The van der Waals surface area contributed by atoms with E-state index < -0.39 is 26.8 Å². The van der Waals surface area contributed by atoms with E-state index in [-0.39, 0.29) is 39.1 Å². The van der Waals surface area contributed by atoms with Gasteiger partial charge in [0.25, 0.3) is 0 Å². The van der Waals surface area contributed by atoms with E-state index in [1.807, 2.05) is 0 Å². The van der Waals surface area contributed by atoms with Crippen LogP contribution < -0.4 is 5.32 Å². The quantitative estimate of drug-likeness (QED) is 0.173. The molecular weight excluding hydrogens is 695 g/mol. The van der Waals surface area contributed by atoms with Crippen molar-refractivity contribution in [2.45, 2.75) is 167 Å². The molecule has 0 aromatic rings. The first-order valence-corrected chi connectivity index (χ1v) is 23.6. The lowest BCUT2D eigenvalue weighted by molar-refractivity contribution is -0.221. The normalized spacial score (nSPS) is 47.3. The van der Waals surface area contributed by atoms with E-state index in [9.17, 15) is 28.5 Å². The summed E-state index contributed by atoms with van der Waals surface area (Å²) in [6.07, 6.45) is 21.4. The summed E-state index contributed by atoms with van der Waals surface area (Å²) in [5.74, 6) is 1.98. The predicted molar refractivity (Wildman–Crippen MR) is 216 cm³/mol. The van der Waals surface area contributed by atoms with Crippen LogP contribution in [0.25, 0.3) is 0 Å². The van der Waals surface area contributed by atoms with E-state index in [2.05, 4.69) is 65.6 Å². The summed E-state index contributed by atoms with van der Waals surface area (Å²) in [4.78, 5) is 12.1. The maximum Gasteiger partial charge on any atom is 0.312 e. The number of sulfone groups is 1. The summed E-state index contributed by atoms with van der Waals surface area (Å²) in [6, 6.07) is 0. The average molecular weight is 768 g/mol. The minimum atomic E-state index is -3.07. The first-order valence-electron chi connectivity index (χ1n) is 21.7. The molecule has 0 saturated heterocycles. The van der Waals surface area contributed by atoms with Crippen molar-refractivity contribution in [3.8, 4) is 0 Å². The molecule has 0 radical (unpaired) electrons. The molecule has 54 heavy (non-hydrogen) atoms. The molecule has 304 valence electrons. The first kappa shape index (κ1) is 40.7. The molecule has 5 saturated carbocycles. The molecule has 10 atom stereocenters. The van der Waals surface area contributed by atoms with Crippen LogP contribution in [0.3, 0.4) is 0 Å². The minimum Gasteiger partial charge on any atom is -0.481 e. The molecule has 7 aliphatic rings. The summed E-state index contributed by atoms with van der Waals surface area (Å²) in [6.45, 7) is 20.3. The molecule has 0 aromatic carbocycles. The van der Waals surface area contributed by atoms with Crippen molar-refractivity contribution in [3.63, 3.8) is 0 Å². The van der Waals surface area contributed by atoms with Crippen molar-refractivity contribution in [1.29, 1.82) is 0 Å².